The van der Waals surface area contributed by atoms with Gasteiger partial charge in [-0.15, -0.1) is 0 Å². The molecule has 0 atom stereocenters. The SMILES string of the molecule is COc1ccc(C=NN=Cc2cc(F)c(F)c(F)c2)cc1. The van der Waals surface area contributed by atoms with E-state index in [1.54, 1.807) is 31.4 Å². The third-order valence-electron chi connectivity index (χ3n) is 2.60. The summed E-state index contributed by atoms with van der Waals surface area (Å²) in [6.45, 7) is 0. The fraction of sp³-hybridized carbons (Fsp3) is 0.0667. The normalized spacial score (nSPS) is 11.4. The van der Waals surface area contributed by atoms with Crippen LogP contribution in [0.5, 0.6) is 5.75 Å². The summed E-state index contributed by atoms with van der Waals surface area (Å²) in [5.74, 6) is -3.33. The van der Waals surface area contributed by atoms with E-state index in [1.807, 2.05) is 0 Å². The second-order valence-electron chi connectivity index (χ2n) is 4.06. The van der Waals surface area contributed by atoms with Crippen molar-refractivity contribution in [3.63, 3.8) is 0 Å². The summed E-state index contributed by atoms with van der Waals surface area (Å²) in [5, 5.41) is 7.39. The second-order valence-corrected chi connectivity index (χ2v) is 4.06. The largest absolute Gasteiger partial charge is 0.497 e. The highest BCUT2D eigenvalue weighted by Gasteiger charge is 2.09. The van der Waals surface area contributed by atoms with E-state index in [4.69, 9.17) is 4.74 Å². The quantitative estimate of drug-likeness (QED) is 0.482. The molecule has 0 aromatic heterocycles. The van der Waals surface area contributed by atoms with Gasteiger partial charge >= 0.3 is 0 Å². The molecule has 0 fully saturated rings. The van der Waals surface area contributed by atoms with Crippen LogP contribution in [-0.4, -0.2) is 19.5 Å². The molecule has 0 N–H and O–H groups in total. The van der Waals surface area contributed by atoms with Crippen molar-refractivity contribution >= 4 is 12.4 Å². The van der Waals surface area contributed by atoms with E-state index >= 15 is 0 Å². The molecular formula is C15H11F3N2O. The molecule has 0 aliphatic heterocycles. The molecule has 0 bridgehead atoms. The molecule has 2 aromatic carbocycles. The van der Waals surface area contributed by atoms with Crippen molar-refractivity contribution in [3.05, 3.63) is 65.0 Å². The Morgan fingerprint density at radius 1 is 0.857 bits per heavy atom. The maximum absolute atomic E-state index is 13.0. The lowest BCUT2D eigenvalue weighted by atomic mass is 10.2. The number of hydrogen-bond donors (Lipinski definition) is 0. The second kappa shape index (κ2) is 6.69. The van der Waals surface area contributed by atoms with Crippen LogP contribution in [0.3, 0.4) is 0 Å². The smallest absolute Gasteiger partial charge is 0.194 e. The van der Waals surface area contributed by atoms with E-state index in [1.165, 1.54) is 6.21 Å². The van der Waals surface area contributed by atoms with Gasteiger partial charge in [0.15, 0.2) is 17.5 Å². The number of rotatable bonds is 4. The first-order valence-corrected chi connectivity index (χ1v) is 5.95. The molecule has 0 aliphatic rings. The Hall–Kier alpha value is -2.63. The molecule has 2 aromatic rings. The Morgan fingerprint density at radius 3 is 1.90 bits per heavy atom. The van der Waals surface area contributed by atoms with E-state index in [-0.39, 0.29) is 5.56 Å². The molecule has 0 spiro atoms. The molecular weight excluding hydrogens is 281 g/mol. The average Bonchev–Trinajstić information content (AvgIpc) is 2.49. The molecule has 0 radical (unpaired) electrons. The van der Waals surface area contributed by atoms with Gasteiger partial charge in [-0.1, -0.05) is 0 Å². The number of hydrogen-bond acceptors (Lipinski definition) is 3. The van der Waals surface area contributed by atoms with Crippen LogP contribution < -0.4 is 4.74 Å². The summed E-state index contributed by atoms with van der Waals surface area (Å²) in [4.78, 5) is 0. The summed E-state index contributed by atoms with van der Waals surface area (Å²) in [6, 6.07) is 8.74. The van der Waals surface area contributed by atoms with E-state index in [9.17, 15) is 13.2 Å². The minimum atomic E-state index is -1.51. The van der Waals surface area contributed by atoms with Crippen LogP contribution in [-0.2, 0) is 0 Å². The fourth-order valence-electron chi connectivity index (χ4n) is 1.54. The van der Waals surface area contributed by atoms with Gasteiger partial charge in [0.2, 0.25) is 0 Å². The van der Waals surface area contributed by atoms with Crippen LogP contribution in [0.1, 0.15) is 11.1 Å². The standard InChI is InChI=1S/C15H11F3N2O/c1-21-12-4-2-10(3-5-12)8-19-20-9-11-6-13(16)15(18)14(17)7-11/h2-9H,1H3. The van der Waals surface area contributed by atoms with Gasteiger partial charge in [-0.05, 0) is 42.0 Å². The molecule has 0 unspecified atom stereocenters. The number of ether oxygens (including phenoxy) is 1. The van der Waals surface area contributed by atoms with Gasteiger partial charge in [0.25, 0.3) is 0 Å². The summed E-state index contributed by atoms with van der Waals surface area (Å²) in [5.41, 5.74) is 0.864. The van der Waals surface area contributed by atoms with Crippen LogP contribution in [0.15, 0.2) is 46.6 Å². The van der Waals surface area contributed by atoms with Crippen molar-refractivity contribution < 1.29 is 17.9 Å². The summed E-state index contributed by atoms with van der Waals surface area (Å²) in [7, 11) is 1.56. The van der Waals surface area contributed by atoms with Crippen LogP contribution in [0.4, 0.5) is 13.2 Å². The lowest BCUT2D eigenvalue weighted by Gasteiger charge is -1.98. The van der Waals surface area contributed by atoms with Crippen LogP contribution in [0, 0.1) is 17.5 Å². The van der Waals surface area contributed by atoms with Crippen molar-refractivity contribution in [1.29, 1.82) is 0 Å². The van der Waals surface area contributed by atoms with Gasteiger partial charge in [-0.25, -0.2) is 13.2 Å². The van der Waals surface area contributed by atoms with Crippen molar-refractivity contribution in [2.75, 3.05) is 7.11 Å². The minimum absolute atomic E-state index is 0.0817. The first-order valence-electron chi connectivity index (χ1n) is 5.95. The predicted molar refractivity (Wildman–Crippen MR) is 74.5 cm³/mol. The third-order valence-corrected chi connectivity index (χ3v) is 2.60. The summed E-state index contributed by atoms with van der Waals surface area (Å²) in [6.07, 6.45) is 2.60. The average molecular weight is 292 g/mol. The number of methoxy groups -OCH3 is 1. The molecule has 21 heavy (non-hydrogen) atoms. The number of halogens is 3. The van der Waals surface area contributed by atoms with E-state index in [0.717, 1.165) is 23.9 Å². The third kappa shape index (κ3) is 3.92. The minimum Gasteiger partial charge on any atom is -0.497 e. The zero-order valence-corrected chi connectivity index (χ0v) is 11.1. The number of nitrogens with zero attached hydrogens (tertiary/aromatic N) is 2. The molecule has 0 saturated heterocycles. The molecule has 2 rings (SSSR count). The van der Waals surface area contributed by atoms with Crippen molar-refractivity contribution in [3.8, 4) is 5.75 Å². The van der Waals surface area contributed by atoms with Gasteiger partial charge < -0.3 is 4.74 Å². The Balaban J connectivity index is 2.06. The maximum Gasteiger partial charge on any atom is 0.194 e. The summed E-state index contributed by atoms with van der Waals surface area (Å²) < 4.78 is 43.7. The van der Waals surface area contributed by atoms with Crippen LogP contribution in [0.25, 0.3) is 0 Å². The highest BCUT2D eigenvalue weighted by Crippen LogP contribution is 2.12. The van der Waals surface area contributed by atoms with Crippen LogP contribution >= 0.6 is 0 Å². The van der Waals surface area contributed by atoms with Crippen LogP contribution in [0.2, 0.25) is 0 Å². The van der Waals surface area contributed by atoms with Crippen molar-refractivity contribution in [2.45, 2.75) is 0 Å². The topological polar surface area (TPSA) is 34.0 Å². The number of benzene rings is 2. The Kier molecular flexibility index (Phi) is 4.71. The first-order chi connectivity index (χ1) is 10.1. The maximum atomic E-state index is 13.0. The monoisotopic (exact) mass is 292 g/mol. The van der Waals surface area contributed by atoms with Gasteiger partial charge in [0, 0.05) is 5.56 Å². The van der Waals surface area contributed by atoms with E-state index in [2.05, 4.69) is 10.2 Å². The lowest BCUT2D eigenvalue weighted by molar-refractivity contribution is 0.415. The zero-order chi connectivity index (χ0) is 15.2. The Labute approximate surface area is 119 Å². The van der Waals surface area contributed by atoms with E-state index < -0.39 is 17.5 Å². The lowest BCUT2D eigenvalue weighted by Crippen LogP contribution is -1.93. The van der Waals surface area contributed by atoms with Crippen molar-refractivity contribution in [1.82, 2.24) is 0 Å². The molecule has 0 amide bonds. The van der Waals surface area contributed by atoms with Crippen molar-refractivity contribution in [2.24, 2.45) is 10.2 Å². The highest BCUT2D eigenvalue weighted by atomic mass is 19.2. The molecule has 0 saturated carbocycles. The zero-order valence-electron chi connectivity index (χ0n) is 11.1. The highest BCUT2D eigenvalue weighted by molar-refractivity contribution is 5.82. The Morgan fingerprint density at radius 2 is 1.38 bits per heavy atom. The van der Waals surface area contributed by atoms with Gasteiger partial charge in [-0.3, -0.25) is 0 Å². The first kappa shape index (κ1) is 14.8. The van der Waals surface area contributed by atoms with Gasteiger partial charge in [0.1, 0.15) is 5.75 Å². The molecule has 6 heteroatoms. The molecule has 3 nitrogen and oxygen atoms in total. The van der Waals surface area contributed by atoms with Gasteiger partial charge in [0.05, 0.1) is 19.5 Å². The Bertz CT molecular complexity index is 659. The molecule has 0 aliphatic carbocycles. The molecule has 108 valence electrons. The van der Waals surface area contributed by atoms with E-state index in [0.29, 0.717) is 5.75 Å². The fourth-order valence-corrected chi connectivity index (χ4v) is 1.54. The molecule has 0 heterocycles. The summed E-state index contributed by atoms with van der Waals surface area (Å²) >= 11 is 0. The predicted octanol–water partition coefficient (Wildman–Crippen LogP) is 3.57. The van der Waals surface area contributed by atoms with Gasteiger partial charge in [-0.2, -0.15) is 10.2 Å².